The van der Waals surface area contributed by atoms with Gasteiger partial charge in [0.05, 0.1) is 11.8 Å². The third-order valence-corrected chi connectivity index (χ3v) is 8.41. The summed E-state index contributed by atoms with van der Waals surface area (Å²) in [5.74, 6) is -0.307. The van der Waals surface area contributed by atoms with Crippen LogP contribution in [0.5, 0.6) is 0 Å². The van der Waals surface area contributed by atoms with Gasteiger partial charge in [0.2, 0.25) is 5.91 Å². The normalized spacial score (nSPS) is 13.3. The molecule has 8 heteroatoms. The maximum absolute atomic E-state index is 13.6. The van der Waals surface area contributed by atoms with E-state index >= 15 is 0 Å². The fraction of sp³-hybridized carbons (Fsp3) is 0.179. The van der Waals surface area contributed by atoms with Gasteiger partial charge in [-0.2, -0.15) is 5.26 Å². The first-order valence-electron chi connectivity index (χ1n) is 11.6. The van der Waals surface area contributed by atoms with Crippen molar-refractivity contribution < 1.29 is 14.0 Å². The lowest BCUT2D eigenvalue weighted by Crippen LogP contribution is -2.19. The Kier molecular flexibility index (Phi) is 7.21. The maximum atomic E-state index is 13.6. The first-order chi connectivity index (χ1) is 17.6. The second kappa shape index (κ2) is 10.9. The molecule has 0 spiro atoms. The first kappa shape index (κ1) is 23.9. The van der Waals surface area contributed by atoms with E-state index in [2.05, 4.69) is 16.7 Å². The molecule has 0 aliphatic heterocycles. The number of anilines is 2. The number of carbonyl (C=O) groups is 2. The summed E-state index contributed by atoms with van der Waals surface area (Å²) in [4.78, 5) is 28.0. The number of benzene rings is 2. The maximum Gasteiger partial charge on any atom is 0.291 e. The van der Waals surface area contributed by atoms with Gasteiger partial charge in [-0.1, -0.05) is 36.4 Å². The number of hydrogen-bond acceptors (Lipinski definition) is 6. The monoisotopic (exact) mass is 513 g/mol. The highest BCUT2D eigenvalue weighted by Crippen LogP contribution is 2.41. The molecule has 2 amide bonds. The summed E-state index contributed by atoms with van der Waals surface area (Å²) in [5.41, 5.74) is 3.15. The van der Waals surface area contributed by atoms with E-state index in [1.54, 1.807) is 18.2 Å². The van der Waals surface area contributed by atoms with E-state index in [0.717, 1.165) is 41.7 Å². The number of aryl methyl sites for hydroxylation is 1. The third kappa shape index (κ3) is 5.23. The lowest BCUT2D eigenvalue weighted by Gasteiger charge is -2.17. The van der Waals surface area contributed by atoms with Crippen LogP contribution in [0.3, 0.4) is 0 Å². The van der Waals surface area contributed by atoms with Crippen LogP contribution in [0.25, 0.3) is 0 Å². The highest BCUT2D eigenvalue weighted by molar-refractivity contribution is 8.00. The molecule has 2 aromatic carbocycles. The van der Waals surface area contributed by atoms with Crippen molar-refractivity contribution in [1.29, 1.82) is 5.26 Å². The van der Waals surface area contributed by atoms with Crippen LogP contribution in [-0.4, -0.2) is 11.8 Å². The van der Waals surface area contributed by atoms with Crippen LogP contribution >= 0.6 is 23.1 Å². The Bertz CT molecular complexity index is 1420. The van der Waals surface area contributed by atoms with E-state index < -0.39 is 5.25 Å². The second-order valence-electron chi connectivity index (χ2n) is 8.38. The summed E-state index contributed by atoms with van der Waals surface area (Å²) in [5, 5.41) is 15.8. The number of furan rings is 1. The molecule has 0 saturated heterocycles. The second-order valence-corrected chi connectivity index (χ2v) is 10.7. The fourth-order valence-corrected chi connectivity index (χ4v) is 6.56. The molecule has 0 bridgehead atoms. The molecule has 1 unspecified atom stereocenters. The predicted octanol–water partition coefficient (Wildman–Crippen LogP) is 6.82. The smallest absolute Gasteiger partial charge is 0.291 e. The molecule has 2 aromatic heterocycles. The Morgan fingerprint density at radius 2 is 1.83 bits per heavy atom. The summed E-state index contributed by atoms with van der Waals surface area (Å²) < 4.78 is 5.17. The minimum absolute atomic E-state index is 0.189. The van der Waals surface area contributed by atoms with Crippen LogP contribution in [0.4, 0.5) is 10.7 Å². The number of rotatable bonds is 7. The van der Waals surface area contributed by atoms with Gasteiger partial charge in [-0.3, -0.25) is 9.59 Å². The average Bonchev–Trinajstić information content (AvgIpc) is 3.56. The summed E-state index contributed by atoms with van der Waals surface area (Å²) >= 11 is 2.91. The lowest BCUT2D eigenvalue weighted by molar-refractivity contribution is -0.115. The number of fused-ring (bicyclic) bond motifs is 1. The highest BCUT2D eigenvalue weighted by Gasteiger charge is 2.26. The van der Waals surface area contributed by atoms with E-state index in [4.69, 9.17) is 4.42 Å². The summed E-state index contributed by atoms with van der Waals surface area (Å²) in [6.07, 6.45) is 5.48. The van der Waals surface area contributed by atoms with Gasteiger partial charge in [0.25, 0.3) is 5.91 Å². The zero-order valence-corrected chi connectivity index (χ0v) is 21.0. The Hall–Kier alpha value is -3.80. The molecule has 180 valence electrons. The van der Waals surface area contributed by atoms with Gasteiger partial charge in [0.1, 0.15) is 16.3 Å². The number of hydrogen-bond donors (Lipinski definition) is 2. The standard InChI is InChI=1S/C28H23N3O3S2/c29-17-22-21-12-4-5-14-24(21)36-28(22)31-27(33)25(18-8-2-1-3-9-18)35-20-11-6-10-19(16-20)30-26(32)23-13-7-15-34-23/h1-3,6-11,13,15-16,25H,4-5,12,14H2,(H,30,32)(H,31,33). The number of amides is 2. The number of carbonyl (C=O) groups excluding carboxylic acids is 2. The van der Waals surface area contributed by atoms with Crippen molar-refractivity contribution in [3.05, 3.63) is 100 Å². The van der Waals surface area contributed by atoms with E-state index in [1.807, 2.05) is 48.5 Å². The van der Waals surface area contributed by atoms with Crippen LogP contribution in [0.15, 0.2) is 82.3 Å². The summed E-state index contributed by atoms with van der Waals surface area (Å²) in [6, 6.07) is 22.5. The average molecular weight is 514 g/mol. The zero-order valence-electron chi connectivity index (χ0n) is 19.3. The van der Waals surface area contributed by atoms with E-state index in [-0.39, 0.29) is 17.6 Å². The van der Waals surface area contributed by atoms with Crippen molar-refractivity contribution in [3.63, 3.8) is 0 Å². The largest absolute Gasteiger partial charge is 0.459 e. The van der Waals surface area contributed by atoms with Crippen molar-refractivity contribution >= 4 is 45.6 Å². The molecule has 1 aliphatic carbocycles. The molecule has 0 radical (unpaired) electrons. The number of thiophene rings is 1. The van der Waals surface area contributed by atoms with E-state index in [0.29, 0.717) is 16.3 Å². The molecular weight excluding hydrogens is 490 g/mol. The van der Waals surface area contributed by atoms with Crippen LogP contribution in [-0.2, 0) is 17.6 Å². The highest BCUT2D eigenvalue weighted by atomic mass is 32.2. The van der Waals surface area contributed by atoms with Gasteiger partial charge in [0, 0.05) is 15.5 Å². The molecule has 36 heavy (non-hydrogen) atoms. The molecule has 1 atom stereocenters. The Morgan fingerprint density at radius 3 is 2.61 bits per heavy atom. The molecular formula is C28H23N3O3S2. The van der Waals surface area contributed by atoms with Crippen molar-refractivity contribution in [2.24, 2.45) is 0 Å². The van der Waals surface area contributed by atoms with Crippen molar-refractivity contribution in [2.75, 3.05) is 10.6 Å². The molecule has 2 N–H and O–H groups in total. The Labute approximate surface area is 217 Å². The van der Waals surface area contributed by atoms with Gasteiger partial charge < -0.3 is 15.1 Å². The van der Waals surface area contributed by atoms with Crippen LogP contribution in [0.2, 0.25) is 0 Å². The van der Waals surface area contributed by atoms with E-state index in [1.165, 1.54) is 34.2 Å². The summed E-state index contributed by atoms with van der Waals surface area (Å²) in [6.45, 7) is 0. The molecule has 2 heterocycles. The third-order valence-electron chi connectivity index (χ3n) is 5.95. The van der Waals surface area contributed by atoms with Crippen LogP contribution < -0.4 is 10.6 Å². The molecule has 0 fully saturated rings. The fourth-order valence-electron chi connectivity index (χ4n) is 4.23. The summed E-state index contributed by atoms with van der Waals surface area (Å²) in [7, 11) is 0. The van der Waals surface area contributed by atoms with Gasteiger partial charge >= 0.3 is 0 Å². The number of nitrogens with one attached hydrogen (secondary N) is 2. The number of thioether (sulfide) groups is 1. The van der Waals surface area contributed by atoms with Gasteiger partial charge in [0.15, 0.2) is 5.76 Å². The number of nitrogens with zero attached hydrogens (tertiary/aromatic N) is 1. The van der Waals surface area contributed by atoms with Gasteiger partial charge in [-0.05, 0) is 67.1 Å². The SMILES string of the molecule is N#Cc1c(NC(=O)C(Sc2cccc(NC(=O)c3ccco3)c2)c2ccccc2)sc2c1CCCC2. The topological polar surface area (TPSA) is 95.1 Å². The van der Waals surface area contributed by atoms with Crippen molar-refractivity contribution in [1.82, 2.24) is 0 Å². The molecule has 0 saturated carbocycles. The first-order valence-corrected chi connectivity index (χ1v) is 13.3. The van der Waals surface area contributed by atoms with Crippen LogP contribution in [0, 0.1) is 11.3 Å². The molecule has 5 rings (SSSR count). The molecule has 1 aliphatic rings. The van der Waals surface area contributed by atoms with Crippen LogP contribution in [0.1, 0.15) is 50.2 Å². The van der Waals surface area contributed by atoms with Crippen molar-refractivity contribution in [3.8, 4) is 6.07 Å². The quantitative estimate of drug-likeness (QED) is 0.265. The minimum atomic E-state index is -0.548. The molecule has 4 aromatic rings. The lowest BCUT2D eigenvalue weighted by atomic mass is 9.96. The predicted molar refractivity (Wildman–Crippen MR) is 142 cm³/mol. The minimum Gasteiger partial charge on any atom is -0.459 e. The molecule has 6 nitrogen and oxygen atoms in total. The van der Waals surface area contributed by atoms with Gasteiger partial charge in [-0.25, -0.2) is 0 Å². The Balaban J connectivity index is 1.39. The van der Waals surface area contributed by atoms with Crippen molar-refractivity contribution in [2.45, 2.75) is 35.8 Å². The number of nitriles is 1. The van der Waals surface area contributed by atoms with E-state index in [9.17, 15) is 14.9 Å². The van der Waals surface area contributed by atoms with Gasteiger partial charge in [-0.15, -0.1) is 23.1 Å². The Morgan fingerprint density at radius 1 is 1.00 bits per heavy atom. The zero-order chi connectivity index (χ0) is 24.9.